The Balaban J connectivity index is 1.97. The molecule has 1 aromatic heterocycles. The zero-order chi connectivity index (χ0) is 21.3. The molecule has 3 nitrogen and oxygen atoms in total. The predicted molar refractivity (Wildman–Crippen MR) is 113 cm³/mol. The Labute approximate surface area is 166 Å². The second-order valence-corrected chi connectivity index (χ2v) is 8.16. The summed E-state index contributed by atoms with van der Waals surface area (Å²) in [5, 5.41) is 11.5. The normalized spacial score (nSPS) is 14.7. The number of para-hydroxylation sites is 1. The average Bonchev–Trinajstić information content (AvgIpc) is 2.68. The van der Waals surface area contributed by atoms with Gasteiger partial charge in [-0.15, -0.1) is 0 Å². The minimum absolute atomic E-state index is 0.127. The van der Waals surface area contributed by atoms with Crippen LogP contribution in [0.3, 0.4) is 0 Å². The van der Waals surface area contributed by atoms with Gasteiger partial charge in [0.25, 0.3) is 0 Å². The Morgan fingerprint density at radius 3 is 2.57 bits per heavy atom. The third kappa shape index (κ3) is 3.88. The molecule has 0 aliphatic carbocycles. The molecule has 2 atom stereocenters. The fourth-order valence-electron chi connectivity index (χ4n) is 3.72. The first kappa shape index (κ1) is 18.9. The first-order chi connectivity index (χ1) is 13.7. The monoisotopic (exact) mass is 383 g/mol. The minimum atomic E-state index is -0.984. The van der Waals surface area contributed by atoms with Crippen molar-refractivity contribution in [1.82, 2.24) is 4.57 Å². The number of aryl methyl sites for hydroxylation is 1. The van der Waals surface area contributed by atoms with Crippen LogP contribution in [0.2, 0.25) is 0 Å². The second kappa shape index (κ2) is 7.88. The third-order valence-electron chi connectivity index (χ3n) is 5.66. The van der Waals surface area contributed by atoms with Crippen LogP contribution in [0.15, 0.2) is 59.5 Å². The van der Waals surface area contributed by atoms with Crippen molar-refractivity contribution in [3.8, 4) is 0 Å². The highest BCUT2D eigenvalue weighted by atomic mass is 19.1. The van der Waals surface area contributed by atoms with E-state index < -0.39 is 24.2 Å². The van der Waals surface area contributed by atoms with Crippen molar-refractivity contribution in [2.45, 2.75) is 51.7 Å². The maximum atomic E-state index is 14.1. The molecule has 0 saturated carbocycles. The van der Waals surface area contributed by atoms with Gasteiger partial charge in [0.1, 0.15) is 6.67 Å². The van der Waals surface area contributed by atoms with Crippen LogP contribution in [-0.2, 0) is 5.41 Å². The lowest BCUT2D eigenvalue weighted by molar-refractivity contribution is 0.0726. The smallest absolute Gasteiger partial charge is 0.189 e. The van der Waals surface area contributed by atoms with E-state index in [4.69, 9.17) is 1.37 Å². The summed E-state index contributed by atoms with van der Waals surface area (Å²) in [5.41, 5.74) is 2.76. The van der Waals surface area contributed by atoms with Gasteiger partial charge in [0.05, 0.1) is 19.0 Å². The van der Waals surface area contributed by atoms with E-state index in [-0.39, 0.29) is 11.8 Å². The van der Waals surface area contributed by atoms with Crippen LogP contribution in [0.4, 0.5) is 4.39 Å². The SMILES string of the molecule is [3H]c1c(C(C)(C)CC(O)C(CF)n2ccc(=O)c3ccccc32)ccc(C)c1C. The molecule has 1 N–H and O–H groups in total. The third-order valence-corrected chi connectivity index (χ3v) is 5.66. The zero-order valence-corrected chi connectivity index (χ0v) is 16.9. The number of rotatable bonds is 6. The van der Waals surface area contributed by atoms with Crippen LogP contribution in [0.1, 0.15) is 44.4 Å². The Morgan fingerprint density at radius 1 is 1.14 bits per heavy atom. The summed E-state index contributed by atoms with van der Waals surface area (Å²) >= 11 is 0. The first-order valence-corrected chi connectivity index (χ1v) is 9.58. The summed E-state index contributed by atoms with van der Waals surface area (Å²) in [6, 6.07) is 12.0. The van der Waals surface area contributed by atoms with Crippen LogP contribution in [-0.4, -0.2) is 22.5 Å². The number of fused-ring (bicyclic) bond motifs is 1. The first-order valence-electron chi connectivity index (χ1n) is 10.1. The van der Waals surface area contributed by atoms with Crippen molar-refractivity contribution in [1.29, 1.82) is 0 Å². The topological polar surface area (TPSA) is 42.2 Å². The Kier molecular flexibility index (Phi) is 5.31. The number of nitrogens with zero attached hydrogens (tertiary/aromatic N) is 1. The van der Waals surface area contributed by atoms with E-state index in [1.54, 1.807) is 35.0 Å². The lowest BCUT2D eigenvalue weighted by Gasteiger charge is -2.33. The fraction of sp³-hybridized carbons (Fsp3) is 0.375. The van der Waals surface area contributed by atoms with Gasteiger partial charge in [-0.3, -0.25) is 4.79 Å². The molecule has 0 bridgehead atoms. The van der Waals surface area contributed by atoms with Crippen LogP contribution < -0.4 is 5.43 Å². The standard InChI is InChI=1S/C24H28FNO2/c1-16-9-10-18(13-17(16)2)24(3,4)14-23(28)21(15-25)26-12-11-22(27)19-7-5-6-8-20(19)26/h5-13,21,23,28H,14-15H2,1-4H3/i13T. The molecule has 148 valence electrons. The van der Waals surface area contributed by atoms with E-state index in [1.165, 1.54) is 6.07 Å². The molecule has 2 aromatic carbocycles. The zero-order valence-electron chi connectivity index (χ0n) is 17.9. The van der Waals surface area contributed by atoms with Gasteiger partial charge >= 0.3 is 0 Å². The van der Waals surface area contributed by atoms with Crippen molar-refractivity contribution in [2.24, 2.45) is 0 Å². The van der Waals surface area contributed by atoms with E-state index in [0.717, 1.165) is 16.7 Å². The predicted octanol–water partition coefficient (Wildman–Crippen LogP) is 4.86. The van der Waals surface area contributed by atoms with Crippen LogP contribution in [0.25, 0.3) is 10.9 Å². The molecule has 0 saturated heterocycles. The second-order valence-electron chi connectivity index (χ2n) is 8.16. The number of aliphatic hydroxyl groups excluding tert-OH is 1. The molecule has 0 radical (unpaired) electrons. The summed E-state index contributed by atoms with van der Waals surface area (Å²) in [5.74, 6) is 0. The summed E-state index contributed by atoms with van der Waals surface area (Å²) < 4.78 is 24.2. The van der Waals surface area contributed by atoms with Gasteiger partial charge in [-0.25, -0.2) is 4.39 Å². The average molecular weight is 383 g/mol. The van der Waals surface area contributed by atoms with Crippen LogP contribution in [0, 0.1) is 13.8 Å². The number of hydrogen-bond donors (Lipinski definition) is 1. The molecule has 3 aromatic rings. The Bertz CT molecular complexity index is 1090. The van der Waals surface area contributed by atoms with E-state index in [0.29, 0.717) is 16.9 Å². The molecule has 4 heteroatoms. The van der Waals surface area contributed by atoms with Gasteiger partial charge in [0.15, 0.2) is 5.43 Å². The summed E-state index contributed by atoms with van der Waals surface area (Å²) in [4.78, 5) is 12.1. The number of halogens is 1. The van der Waals surface area contributed by atoms with Gasteiger partial charge in [0, 0.05) is 17.6 Å². The number of pyridine rings is 1. The molecular weight excluding hydrogens is 353 g/mol. The number of aromatic nitrogens is 1. The molecule has 28 heavy (non-hydrogen) atoms. The molecule has 2 unspecified atom stereocenters. The fourth-order valence-corrected chi connectivity index (χ4v) is 3.72. The number of benzene rings is 2. The van der Waals surface area contributed by atoms with Crippen molar-refractivity contribution >= 4 is 10.9 Å². The maximum Gasteiger partial charge on any atom is 0.189 e. The summed E-state index contributed by atoms with van der Waals surface area (Å²) in [6.45, 7) is 7.07. The highest BCUT2D eigenvalue weighted by molar-refractivity contribution is 5.78. The molecule has 0 spiro atoms. The van der Waals surface area contributed by atoms with Gasteiger partial charge in [0.2, 0.25) is 0 Å². The maximum absolute atomic E-state index is 14.1. The minimum Gasteiger partial charge on any atom is -0.391 e. The molecule has 1 heterocycles. The molecule has 0 aliphatic rings. The lowest BCUT2D eigenvalue weighted by atomic mass is 9.77. The Hall–Kier alpha value is -2.46. The van der Waals surface area contributed by atoms with Gasteiger partial charge in [-0.1, -0.05) is 44.2 Å². The number of aliphatic hydroxyl groups is 1. The number of hydrogen-bond acceptors (Lipinski definition) is 2. The van der Waals surface area contributed by atoms with E-state index >= 15 is 0 Å². The largest absolute Gasteiger partial charge is 0.391 e. The van der Waals surface area contributed by atoms with Crippen LogP contribution in [0.5, 0.6) is 0 Å². The molecule has 0 aliphatic heterocycles. The lowest BCUT2D eigenvalue weighted by Crippen LogP contribution is -2.33. The van der Waals surface area contributed by atoms with Crippen molar-refractivity contribution in [3.63, 3.8) is 0 Å². The molecule has 0 amide bonds. The molecular formula is C24H28FNO2. The van der Waals surface area contributed by atoms with E-state index in [9.17, 15) is 14.3 Å². The van der Waals surface area contributed by atoms with Gasteiger partial charge in [-0.05, 0) is 54.5 Å². The Morgan fingerprint density at radius 2 is 1.86 bits per heavy atom. The van der Waals surface area contributed by atoms with E-state index in [2.05, 4.69) is 0 Å². The highest BCUT2D eigenvalue weighted by Crippen LogP contribution is 2.33. The quantitative estimate of drug-likeness (QED) is 0.661. The summed E-state index contributed by atoms with van der Waals surface area (Å²) in [7, 11) is 0. The van der Waals surface area contributed by atoms with E-state index in [1.807, 2.05) is 39.8 Å². The molecule has 0 fully saturated rings. The highest BCUT2D eigenvalue weighted by Gasteiger charge is 2.30. The number of alkyl halides is 1. The van der Waals surface area contributed by atoms with Crippen molar-refractivity contribution in [2.75, 3.05) is 6.67 Å². The molecule has 3 rings (SSSR count). The van der Waals surface area contributed by atoms with Crippen molar-refractivity contribution < 1.29 is 10.9 Å². The van der Waals surface area contributed by atoms with Crippen molar-refractivity contribution in [3.05, 3.63) is 81.6 Å². The van der Waals surface area contributed by atoms with Crippen LogP contribution >= 0.6 is 0 Å². The van der Waals surface area contributed by atoms with Gasteiger partial charge in [-0.2, -0.15) is 0 Å². The summed E-state index contributed by atoms with van der Waals surface area (Å²) in [6.07, 6.45) is 0.856. The van der Waals surface area contributed by atoms with Gasteiger partial charge < -0.3 is 9.67 Å².